The van der Waals surface area contributed by atoms with Crippen LogP contribution in [0.25, 0.3) is 21.3 Å². The van der Waals surface area contributed by atoms with Crippen LogP contribution in [0, 0.1) is 0 Å². The topological polar surface area (TPSA) is 90.3 Å². The van der Waals surface area contributed by atoms with Crippen LogP contribution in [-0.4, -0.2) is 27.5 Å². The highest BCUT2D eigenvalue weighted by Crippen LogP contribution is 2.27. The summed E-state index contributed by atoms with van der Waals surface area (Å²) in [6.45, 7) is 1.64. The van der Waals surface area contributed by atoms with Gasteiger partial charge in [-0.15, -0.1) is 11.3 Å². The summed E-state index contributed by atoms with van der Waals surface area (Å²) in [6.07, 6.45) is 0.390. The lowest BCUT2D eigenvalue weighted by molar-refractivity contribution is -0.153. The van der Waals surface area contributed by atoms with Crippen molar-refractivity contribution in [3.8, 4) is 11.1 Å². The molecule has 1 amide bonds. The monoisotopic (exact) mass is 447 g/mol. The number of esters is 1. The van der Waals surface area contributed by atoms with Crippen LogP contribution in [-0.2, 0) is 20.9 Å². The highest BCUT2D eigenvalue weighted by atomic mass is 32.1. The van der Waals surface area contributed by atoms with Crippen LogP contribution in [0.15, 0.2) is 77.2 Å². The molecule has 0 aliphatic carbocycles. The molecule has 1 atom stereocenters. The molecule has 7 nitrogen and oxygen atoms in total. The molecule has 2 aromatic carbocycles. The second-order valence-corrected chi connectivity index (χ2v) is 8.06. The van der Waals surface area contributed by atoms with E-state index in [9.17, 15) is 14.4 Å². The van der Waals surface area contributed by atoms with Crippen LogP contribution < -0.4 is 10.9 Å². The maximum atomic E-state index is 12.6. The number of aromatic nitrogens is 2. The number of nitrogens with one attached hydrogen (secondary N) is 1. The second kappa shape index (κ2) is 9.57. The summed E-state index contributed by atoms with van der Waals surface area (Å²) in [7, 11) is 0. The summed E-state index contributed by atoms with van der Waals surface area (Å²) in [5.74, 6) is -0.999. The molecule has 0 spiro atoms. The van der Waals surface area contributed by atoms with E-state index in [0.717, 1.165) is 11.1 Å². The molecule has 8 heteroatoms. The molecule has 0 bridgehead atoms. The van der Waals surface area contributed by atoms with Crippen molar-refractivity contribution in [3.63, 3.8) is 0 Å². The first-order valence-electron chi connectivity index (χ1n) is 10.1. The molecule has 1 unspecified atom stereocenters. The molecule has 0 radical (unpaired) electrons. The predicted octanol–water partition coefficient (Wildman–Crippen LogP) is 4.09. The number of carbonyl (C=O) groups excluding carboxylic acids is 2. The van der Waals surface area contributed by atoms with Crippen LogP contribution in [0.2, 0.25) is 0 Å². The quantitative estimate of drug-likeness (QED) is 0.431. The zero-order valence-corrected chi connectivity index (χ0v) is 18.2. The molecule has 2 heterocycles. The van der Waals surface area contributed by atoms with E-state index in [1.807, 2.05) is 48.5 Å². The van der Waals surface area contributed by atoms with Gasteiger partial charge in [-0.25, -0.2) is 4.98 Å². The Morgan fingerprint density at radius 3 is 2.66 bits per heavy atom. The van der Waals surface area contributed by atoms with Gasteiger partial charge >= 0.3 is 5.97 Å². The van der Waals surface area contributed by atoms with Crippen LogP contribution >= 0.6 is 11.3 Å². The lowest BCUT2D eigenvalue weighted by atomic mass is 10.0. The fourth-order valence-electron chi connectivity index (χ4n) is 3.27. The van der Waals surface area contributed by atoms with Gasteiger partial charge in [-0.05, 0) is 30.0 Å². The SMILES string of the molecule is CC(OC(=O)CCn1cnc2sccc2c1=O)C(=O)Nc1ccccc1-c1ccccc1. The average Bonchev–Trinajstić information content (AvgIpc) is 3.29. The van der Waals surface area contributed by atoms with Gasteiger partial charge < -0.3 is 10.1 Å². The number of thiophene rings is 1. The Morgan fingerprint density at radius 2 is 1.84 bits per heavy atom. The predicted molar refractivity (Wildman–Crippen MR) is 125 cm³/mol. The minimum Gasteiger partial charge on any atom is -0.452 e. The van der Waals surface area contributed by atoms with Crippen molar-refractivity contribution in [1.82, 2.24) is 9.55 Å². The summed E-state index contributed by atoms with van der Waals surface area (Å²) >= 11 is 1.39. The molecule has 0 fully saturated rings. The van der Waals surface area contributed by atoms with Crippen molar-refractivity contribution in [3.05, 3.63) is 82.7 Å². The Balaban J connectivity index is 1.36. The summed E-state index contributed by atoms with van der Waals surface area (Å²) < 4.78 is 6.65. The van der Waals surface area contributed by atoms with Crippen molar-refractivity contribution in [2.45, 2.75) is 26.0 Å². The molecule has 162 valence electrons. The zero-order chi connectivity index (χ0) is 22.5. The van der Waals surface area contributed by atoms with Crippen LogP contribution in [0.3, 0.4) is 0 Å². The first-order chi connectivity index (χ1) is 15.5. The minimum atomic E-state index is -0.986. The molecule has 0 aliphatic rings. The number of fused-ring (bicyclic) bond motifs is 1. The third kappa shape index (κ3) is 4.76. The molecular weight excluding hydrogens is 426 g/mol. The third-order valence-corrected chi connectivity index (χ3v) is 5.78. The number of para-hydroxylation sites is 1. The molecule has 32 heavy (non-hydrogen) atoms. The molecule has 0 aliphatic heterocycles. The molecule has 1 N–H and O–H groups in total. The van der Waals surface area contributed by atoms with Gasteiger partial charge in [0.15, 0.2) is 6.10 Å². The summed E-state index contributed by atoms with van der Waals surface area (Å²) in [5, 5.41) is 5.16. The smallest absolute Gasteiger partial charge is 0.308 e. The van der Waals surface area contributed by atoms with Crippen LogP contribution in [0.1, 0.15) is 13.3 Å². The number of nitrogens with zero attached hydrogens (tertiary/aromatic N) is 2. The fraction of sp³-hybridized carbons (Fsp3) is 0.167. The molecule has 4 rings (SSSR count). The van der Waals surface area contributed by atoms with E-state index < -0.39 is 18.0 Å². The van der Waals surface area contributed by atoms with E-state index >= 15 is 0 Å². The number of aryl methyl sites for hydroxylation is 1. The van der Waals surface area contributed by atoms with Crippen molar-refractivity contribution in [2.24, 2.45) is 0 Å². The Bertz CT molecular complexity index is 1310. The Kier molecular flexibility index (Phi) is 6.42. The van der Waals surface area contributed by atoms with Crippen molar-refractivity contribution < 1.29 is 14.3 Å². The van der Waals surface area contributed by atoms with E-state index in [1.165, 1.54) is 29.2 Å². The van der Waals surface area contributed by atoms with Gasteiger partial charge in [0.1, 0.15) is 4.83 Å². The number of anilines is 1. The minimum absolute atomic E-state index is 0.0462. The first-order valence-corrected chi connectivity index (χ1v) is 11.0. The van der Waals surface area contributed by atoms with E-state index in [-0.39, 0.29) is 18.5 Å². The fourth-order valence-corrected chi connectivity index (χ4v) is 3.99. The third-order valence-electron chi connectivity index (χ3n) is 4.95. The number of hydrogen-bond donors (Lipinski definition) is 1. The summed E-state index contributed by atoms with van der Waals surface area (Å²) in [5.41, 5.74) is 2.27. The van der Waals surface area contributed by atoms with Crippen LogP contribution in [0.5, 0.6) is 0 Å². The van der Waals surface area contributed by atoms with Gasteiger partial charge in [0.2, 0.25) is 0 Å². The van der Waals surface area contributed by atoms with Gasteiger partial charge in [0, 0.05) is 17.8 Å². The van der Waals surface area contributed by atoms with E-state index in [4.69, 9.17) is 4.74 Å². The van der Waals surface area contributed by atoms with Gasteiger partial charge in [0.25, 0.3) is 11.5 Å². The summed E-state index contributed by atoms with van der Waals surface area (Å²) in [6, 6.07) is 18.8. The molecule has 2 aromatic heterocycles. The Morgan fingerprint density at radius 1 is 1.09 bits per heavy atom. The average molecular weight is 448 g/mol. The number of amides is 1. The van der Waals surface area contributed by atoms with Gasteiger partial charge in [-0.2, -0.15) is 0 Å². The lowest BCUT2D eigenvalue weighted by Gasteiger charge is -2.16. The van der Waals surface area contributed by atoms with Gasteiger partial charge in [-0.1, -0.05) is 48.5 Å². The second-order valence-electron chi connectivity index (χ2n) is 7.17. The van der Waals surface area contributed by atoms with Gasteiger partial charge in [-0.3, -0.25) is 19.0 Å². The largest absolute Gasteiger partial charge is 0.452 e. The normalized spacial score (nSPS) is 11.8. The Hall–Kier alpha value is -3.78. The number of ether oxygens (including phenoxy) is 1. The van der Waals surface area contributed by atoms with E-state index in [2.05, 4.69) is 10.3 Å². The van der Waals surface area contributed by atoms with Crippen molar-refractivity contribution in [2.75, 3.05) is 5.32 Å². The molecular formula is C24H21N3O4S. The lowest BCUT2D eigenvalue weighted by Crippen LogP contribution is -2.31. The standard InChI is InChI=1S/C24H21N3O4S/c1-16(22(29)26-20-10-6-5-9-18(20)17-7-3-2-4-8-17)31-21(28)11-13-27-15-25-23-19(24(27)30)12-14-32-23/h2-10,12,14-16H,11,13H2,1H3,(H,26,29). The van der Waals surface area contributed by atoms with Crippen molar-refractivity contribution in [1.29, 1.82) is 0 Å². The maximum Gasteiger partial charge on any atom is 0.308 e. The first kappa shape index (κ1) is 21.5. The number of rotatable bonds is 7. The van der Waals surface area contributed by atoms with E-state index in [1.54, 1.807) is 17.5 Å². The van der Waals surface area contributed by atoms with E-state index in [0.29, 0.717) is 15.9 Å². The number of carbonyl (C=O) groups is 2. The van der Waals surface area contributed by atoms with Crippen LogP contribution in [0.4, 0.5) is 5.69 Å². The number of benzene rings is 2. The maximum absolute atomic E-state index is 12.6. The highest BCUT2D eigenvalue weighted by molar-refractivity contribution is 7.16. The number of hydrogen-bond acceptors (Lipinski definition) is 6. The highest BCUT2D eigenvalue weighted by Gasteiger charge is 2.19. The molecule has 0 saturated heterocycles. The Labute approximate surface area is 188 Å². The zero-order valence-electron chi connectivity index (χ0n) is 17.4. The molecule has 0 saturated carbocycles. The van der Waals surface area contributed by atoms with Crippen molar-refractivity contribution >= 4 is 39.1 Å². The summed E-state index contributed by atoms with van der Waals surface area (Å²) in [4.78, 5) is 42.2. The van der Waals surface area contributed by atoms with Gasteiger partial charge in [0.05, 0.1) is 18.1 Å². The molecule has 4 aromatic rings.